The van der Waals surface area contributed by atoms with E-state index < -0.39 is 22.9 Å². The molecular weight excluding hydrogens is 883 g/mol. The number of nitriles is 1. The number of fused-ring (bicyclic) bond motifs is 1. The number of hydrogen-bond acceptors (Lipinski definition) is 12. The Morgan fingerprint density at radius 3 is 2.54 bits per heavy atom. The number of anilines is 1. The van der Waals surface area contributed by atoms with Crippen molar-refractivity contribution in [2.75, 3.05) is 57.6 Å². The van der Waals surface area contributed by atoms with Gasteiger partial charge in [-0.2, -0.15) is 5.26 Å². The second-order valence-electron chi connectivity index (χ2n) is 16.7. The van der Waals surface area contributed by atoms with Gasteiger partial charge in [-0.3, -0.25) is 34.1 Å². The van der Waals surface area contributed by atoms with Crippen molar-refractivity contribution in [3.63, 3.8) is 0 Å². The molecular formula is C45H52F2N8O8S2. The molecule has 3 aromatic carbocycles. The lowest BCUT2D eigenvalue weighted by Crippen LogP contribution is -2.49. The molecule has 4 aliphatic rings. The van der Waals surface area contributed by atoms with Crippen LogP contribution in [0.5, 0.6) is 17.2 Å². The maximum absolute atomic E-state index is 14.5. The summed E-state index contributed by atoms with van der Waals surface area (Å²) in [5, 5.41) is 12.2. The zero-order valence-corrected chi connectivity index (χ0v) is 38.1. The van der Waals surface area contributed by atoms with Gasteiger partial charge in [-0.25, -0.2) is 17.9 Å². The highest BCUT2D eigenvalue weighted by atomic mass is 32.2. The van der Waals surface area contributed by atoms with Gasteiger partial charge < -0.3 is 23.1 Å². The fourth-order valence-electron chi connectivity index (χ4n) is 8.74. The fraction of sp³-hybridized carbons (Fsp3) is 0.467. The third kappa shape index (κ3) is 11.2. The average molecular weight is 935 g/mol. The summed E-state index contributed by atoms with van der Waals surface area (Å²) < 4.78 is 62.1. The first-order valence-electron chi connectivity index (χ1n) is 21.6. The van der Waals surface area contributed by atoms with Crippen LogP contribution in [0.2, 0.25) is 0 Å². The number of aryl methyl sites for hydroxylation is 1. The summed E-state index contributed by atoms with van der Waals surface area (Å²) in [5.74, 6) is -1.15. The molecule has 5 heterocycles. The third-order valence-electron chi connectivity index (χ3n) is 12.7. The van der Waals surface area contributed by atoms with E-state index in [0.717, 1.165) is 88.5 Å². The van der Waals surface area contributed by atoms with Crippen LogP contribution in [0, 0.1) is 17.1 Å². The summed E-state index contributed by atoms with van der Waals surface area (Å²) in [6.07, 6.45) is 7.92. The molecule has 4 aromatic rings. The number of carbonyl (C=O) groups excluding carboxylic acids is 3. The maximum atomic E-state index is 14.5. The van der Waals surface area contributed by atoms with E-state index in [1.807, 2.05) is 30.0 Å². The van der Waals surface area contributed by atoms with E-state index in [-0.39, 0.29) is 76.4 Å². The number of piperidine rings is 3. The molecule has 0 bridgehead atoms. The number of benzene rings is 3. The number of aromatic nitrogens is 2. The Hall–Kier alpha value is -5.46. The van der Waals surface area contributed by atoms with Crippen molar-refractivity contribution in [1.29, 1.82) is 5.26 Å². The molecule has 4 aliphatic heterocycles. The van der Waals surface area contributed by atoms with Crippen LogP contribution in [0.25, 0.3) is 10.9 Å². The molecule has 0 radical (unpaired) electrons. The van der Waals surface area contributed by atoms with Crippen LogP contribution in [0.3, 0.4) is 0 Å². The SMILES string of the molecule is CCN(C)S(=O)Nc1ccc(F)c(Oc2ccc3ncn(C)c(=O)c3c2)c1C#N.O=C1CCC(c2ccc(C3CCN(CC(=O)N4CCC5(CCCO5)CC4)CC3)c(OSF)c2)C(=O)N1. The van der Waals surface area contributed by atoms with Crippen LogP contribution < -0.4 is 24.5 Å². The van der Waals surface area contributed by atoms with Crippen LogP contribution in [0.4, 0.5) is 14.0 Å². The number of rotatable bonds is 12. The molecule has 4 fully saturated rings. The monoisotopic (exact) mass is 934 g/mol. The molecule has 0 aliphatic carbocycles. The van der Waals surface area contributed by atoms with Crippen LogP contribution in [-0.4, -0.2) is 104 Å². The van der Waals surface area contributed by atoms with Crippen molar-refractivity contribution >= 4 is 57.9 Å². The zero-order valence-electron chi connectivity index (χ0n) is 36.5. The Balaban J connectivity index is 0.000000199. The molecule has 346 valence electrons. The van der Waals surface area contributed by atoms with Crippen molar-refractivity contribution in [2.24, 2.45) is 7.05 Å². The second kappa shape index (κ2) is 21.2. The van der Waals surface area contributed by atoms with Gasteiger partial charge in [-0.05, 0) is 111 Å². The summed E-state index contributed by atoms with van der Waals surface area (Å²) in [6.45, 7) is 6.72. The standard InChI is InChI=1S/C26H34FN3O5S.C19H18FN5O3S/c27-36-35-22-16-19(21-4-5-23(31)28-25(21)33)2-3-20(22)18-6-11-29(12-7-18)17-24(32)30-13-9-26(10-14-30)8-1-15-34-26;1-4-25(3)29(27)23-17-8-6-15(20)18(14(17)10-21)28-12-5-7-16-13(9-12)19(26)24(2)11-22-16/h2-3,16,18,21H,1,4-15,17H2,(H,28,31,33);5-9,11,23H,4H2,1-3H3. The molecule has 1 aromatic heterocycles. The van der Waals surface area contributed by atoms with Crippen LogP contribution in [0.1, 0.15) is 86.8 Å². The molecule has 2 atom stereocenters. The molecule has 1 spiro atoms. The first-order chi connectivity index (χ1) is 31.3. The lowest BCUT2D eigenvalue weighted by atomic mass is 9.85. The smallest absolute Gasteiger partial charge is 0.272 e. The van der Waals surface area contributed by atoms with E-state index in [1.54, 1.807) is 26.2 Å². The molecule has 2 N–H and O–H groups in total. The highest BCUT2D eigenvalue weighted by molar-refractivity contribution is 7.89. The van der Waals surface area contributed by atoms with Gasteiger partial charge in [0.25, 0.3) is 18.0 Å². The van der Waals surface area contributed by atoms with Gasteiger partial charge in [0.1, 0.15) is 23.1 Å². The number of halogens is 2. The van der Waals surface area contributed by atoms with Gasteiger partial charge in [-0.15, -0.1) is 3.89 Å². The van der Waals surface area contributed by atoms with E-state index in [9.17, 15) is 36.9 Å². The van der Waals surface area contributed by atoms with Gasteiger partial charge >= 0.3 is 0 Å². The Kier molecular flexibility index (Phi) is 15.5. The quantitative estimate of drug-likeness (QED) is 0.122. The Bertz CT molecular complexity index is 2530. The van der Waals surface area contributed by atoms with Gasteiger partial charge in [0.05, 0.1) is 41.0 Å². The van der Waals surface area contributed by atoms with Crippen molar-refractivity contribution in [3.05, 3.63) is 87.7 Å². The number of carbonyl (C=O) groups is 3. The number of hydrogen-bond donors (Lipinski definition) is 2. The summed E-state index contributed by atoms with van der Waals surface area (Å²) in [6, 6.07) is 14.4. The number of ether oxygens (including phenoxy) is 2. The van der Waals surface area contributed by atoms with Gasteiger partial charge in [0.15, 0.2) is 22.7 Å². The first-order valence-corrected chi connectivity index (χ1v) is 23.4. The lowest BCUT2D eigenvalue weighted by molar-refractivity contribution is -0.137. The van der Waals surface area contributed by atoms with Crippen molar-refractivity contribution in [1.82, 2.24) is 29.0 Å². The highest BCUT2D eigenvalue weighted by Gasteiger charge is 2.40. The molecule has 16 nitrogen and oxygen atoms in total. The Morgan fingerprint density at radius 1 is 1.09 bits per heavy atom. The molecule has 0 saturated carbocycles. The maximum Gasteiger partial charge on any atom is 0.272 e. The summed E-state index contributed by atoms with van der Waals surface area (Å²) >= 11 is -1.81. The minimum atomic E-state index is -1.61. The van der Waals surface area contributed by atoms with Crippen LogP contribution >= 0.6 is 12.4 Å². The van der Waals surface area contributed by atoms with Crippen LogP contribution in [0.15, 0.2) is 59.7 Å². The topological polar surface area (TPSA) is 188 Å². The number of amides is 3. The average Bonchev–Trinajstić information content (AvgIpc) is 3.76. The normalized spacial score (nSPS) is 19.3. The fourth-order valence-corrected chi connectivity index (χ4v) is 9.70. The summed E-state index contributed by atoms with van der Waals surface area (Å²) in [7, 11) is 3.21. The molecule has 4 saturated heterocycles. The molecule has 2 unspecified atom stereocenters. The minimum Gasteiger partial charge on any atom is -0.453 e. The first kappa shape index (κ1) is 47.5. The van der Waals surface area contributed by atoms with Crippen molar-refractivity contribution < 1.29 is 40.5 Å². The van der Waals surface area contributed by atoms with E-state index in [2.05, 4.69) is 19.9 Å². The molecule has 20 heteroatoms. The van der Waals surface area contributed by atoms with E-state index in [1.165, 1.54) is 33.4 Å². The van der Waals surface area contributed by atoms with Gasteiger partial charge in [-0.1, -0.05) is 19.1 Å². The molecule has 3 amide bonds. The lowest BCUT2D eigenvalue weighted by Gasteiger charge is -2.40. The number of nitrogens with zero attached hydrogens (tertiary/aromatic N) is 6. The predicted molar refractivity (Wildman–Crippen MR) is 241 cm³/mol. The number of imide groups is 1. The zero-order chi connectivity index (χ0) is 46.3. The van der Waals surface area contributed by atoms with Crippen molar-refractivity contribution in [2.45, 2.75) is 75.7 Å². The minimum absolute atomic E-state index is 0.0144. The molecule has 65 heavy (non-hydrogen) atoms. The number of likely N-dealkylation sites (tertiary alicyclic amines) is 2. The largest absolute Gasteiger partial charge is 0.453 e. The van der Waals surface area contributed by atoms with E-state index >= 15 is 0 Å². The van der Waals surface area contributed by atoms with E-state index in [0.29, 0.717) is 36.2 Å². The number of nitrogens with one attached hydrogen (secondary N) is 2. The second-order valence-corrected chi connectivity index (χ2v) is 18.3. The van der Waals surface area contributed by atoms with Crippen molar-refractivity contribution in [3.8, 4) is 23.3 Å². The summed E-state index contributed by atoms with van der Waals surface area (Å²) in [5.41, 5.74) is 1.87. The third-order valence-corrected chi connectivity index (χ3v) is 14.1. The highest BCUT2D eigenvalue weighted by Crippen LogP contribution is 2.40. The van der Waals surface area contributed by atoms with Crippen LogP contribution in [-0.2, 0) is 37.3 Å². The van der Waals surface area contributed by atoms with Gasteiger partial charge in [0, 0.05) is 46.8 Å². The molecule has 8 rings (SSSR count). The van der Waals surface area contributed by atoms with Gasteiger partial charge in [0.2, 0.25) is 17.7 Å². The summed E-state index contributed by atoms with van der Waals surface area (Å²) in [4.78, 5) is 57.3. The van der Waals surface area contributed by atoms with E-state index in [4.69, 9.17) is 13.7 Å². The Morgan fingerprint density at radius 2 is 1.86 bits per heavy atom. The predicted octanol–water partition coefficient (Wildman–Crippen LogP) is 6.15. The Labute approximate surface area is 382 Å².